The summed E-state index contributed by atoms with van der Waals surface area (Å²) in [6.07, 6.45) is 0.781. The number of aryl methyl sites for hydroxylation is 1. The van der Waals surface area contributed by atoms with Gasteiger partial charge in [0.15, 0.2) is 0 Å². The molecule has 19 heavy (non-hydrogen) atoms. The molecule has 1 aromatic carbocycles. The van der Waals surface area contributed by atoms with Gasteiger partial charge in [0.05, 0.1) is 11.3 Å². The van der Waals surface area contributed by atoms with Crippen molar-refractivity contribution in [3.05, 3.63) is 41.1 Å². The van der Waals surface area contributed by atoms with Gasteiger partial charge >= 0.3 is 5.97 Å². The maximum absolute atomic E-state index is 11.5. The van der Waals surface area contributed by atoms with E-state index in [1.807, 2.05) is 24.3 Å². The van der Waals surface area contributed by atoms with E-state index in [1.54, 1.807) is 0 Å². The lowest BCUT2D eigenvalue weighted by atomic mass is 9.91. The Morgan fingerprint density at radius 2 is 1.89 bits per heavy atom. The fourth-order valence-electron chi connectivity index (χ4n) is 2.53. The van der Waals surface area contributed by atoms with Crippen LogP contribution in [0.2, 0.25) is 0 Å². The first-order chi connectivity index (χ1) is 9.09. The third kappa shape index (κ3) is 1.62. The van der Waals surface area contributed by atoms with Crippen molar-refractivity contribution in [2.45, 2.75) is 12.8 Å². The number of aromatic nitrogens is 1. The standard InChI is InChI=1S/C14H11NO4/c16-12-9(13(17)14(18)19)6-5-8-7-3-1-2-4-10(7)15-11(8)12/h1-4,15-16H,5-6H2,(H,18,19). The average molecular weight is 257 g/mol. The Labute approximate surface area is 108 Å². The number of hydrogen-bond acceptors (Lipinski definition) is 3. The molecule has 1 aromatic heterocycles. The van der Waals surface area contributed by atoms with Gasteiger partial charge in [0.2, 0.25) is 0 Å². The Bertz CT molecular complexity index is 739. The second-order valence-corrected chi connectivity index (χ2v) is 4.49. The number of hydrogen-bond donors (Lipinski definition) is 3. The fraction of sp³-hybridized carbons (Fsp3) is 0.143. The maximum atomic E-state index is 11.5. The predicted molar refractivity (Wildman–Crippen MR) is 68.8 cm³/mol. The largest absolute Gasteiger partial charge is 0.505 e. The summed E-state index contributed by atoms with van der Waals surface area (Å²) in [6, 6.07) is 7.57. The summed E-state index contributed by atoms with van der Waals surface area (Å²) in [4.78, 5) is 25.3. The van der Waals surface area contributed by atoms with Gasteiger partial charge in [0.1, 0.15) is 5.76 Å². The highest BCUT2D eigenvalue weighted by Crippen LogP contribution is 2.34. The molecule has 0 saturated carbocycles. The van der Waals surface area contributed by atoms with Crippen molar-refractivity contribution in [2.24, 2.45) is 0 Å². The third-order valence-electron chi connectivity index (χ3n) is 3.43. The van der Waals surface area contributed by atoms with E-state index in [1.165, 1.54) is 0 Å². The molecule has 2 aromatic rings. The molecule has 3 rings (SSSR count). The van der Waals surface area contributed by atoms with Crippen LogP contribution in [0.4, 0.5) is 0 Å². The van der Waals surface area contributed by atoms with Gasteiger partial charge in [-0.25, -0.2) is 4.79 Å². The van der Waals surface area contributed by atoms with Crippen molar-refractivity contribution < 1.29 is 19.8 Å². The molecule has 1 aliphatic carbocycles. The van der Waals surface area contributed by atoms with E-state index < -0.39 is 11.8 Å². The molecule has 5 nitrogen and oxygen atoms in total. The Kier molecular flexibility index (Phi) is 2.41. The molecule has 1 aliphatic rings. The number of rotatable bonds is 2. The number of aliphatic hydroxyl groups is 1. The number of carbonyl (C=O) groups is 2. The van der Waals surface area contributed by atoms with Crippen molar-refractivity contribution >= 4 is 28.4 Å². The van der Waals surface area contributed by atoms with Gasteiger partial charge in [-0.15, -0.1) is 0 Å². The molecule has 0 spiro atoms. The minimum Gasteiger partial charge on any atom is -0.505 e. The van der Waals surface area contributed by atoms with Crippen molar-refractivity contribution in [1.82, 2.24) is 4.98 Å². The summed E-state index contributed by atoms with van der Waals surface area (Å²) < 4.78 is 0. The Morgan fingerprint density at radius 1 is 1.16 bits per heavy atom. The first-order valence-corrected chi connectivity index (χ1v) is 5.89. The van der Waals surface area contributed by atoms with Crippen LogP contribution in [0.1, 0.15) is 17.7 Å². The first kappa shape index (κ1) is 11.5. The molecule has 96 valence electrons. The van der Waals surface area contributed by atoms with E-state index in [4.69, 9.17) is 5.11 Å². The number of ketones is 1. The number of H-pyrrole nitrogens is 1. The van der Waals surface area contributed by atoms with Gasteiger partial charge in [-0.2, -0.15) is 0 Å². The normalized spacial score (nSPS) is 14.5. The van der Waals surface area contributed by atoms with E-state index in [0.29, 0.717) is 12.1 Å². The second-order valence-electron chi connectivity index (χ2n) is 4.49. The van der Waals surface area contributed by atoms with E-state index in [2.05, 4.69) is 4.98 Å². The van der Waals surface area contributed by atoms with Crippen LogP contribution in [0.3, 0.4) is 0 Å². The number of fused-ring (bicyclic) bond motifs is 3. The molecule has 3 N–H and O–H groups in total. The van der Waals surface area contributed by atoms with Gasteiger partial charge in [0, 0.05) is 10.9 Å². The average Bonchev–Trinajstić information content (AvgIpc) is 2.78. The van der Waals surface area contributed by atoms with E-state index in [-0.39, 0.29) is 17.8 Å². The van der Waals surface area contributed by atoms with Gasteiger partial charge in [-0.05, 0) is 24.5 Å². The van der Waals surface area contributed by atoms with Crippen LogP contribution in [0, 0.1) is 0 Å². The third-order valence-corrected chi connectivity index (χ3v) is 3.43. The monoisotopic (exact) mass is 257 g/mol. The number of aliphatic hydroxyl groups excluding tert-OH is 1. The zero-order valence-corrected chi connectivity index (χ0v) is 9.93. The summed E-state index contributed by atoms with van der Waals surface area (Å²) in [5.74, 6) is -2.83. The van der Waals surface area contributed by atoms with Crippen LogP contribution in [-0.4, -0.2) is 26.9 Å². The van der Waals surface area contributed by atoms with Crippen molar-refractivity contribution in [2.75, 3.05) is 0 Å². The summed E-state index contributed by atoms with van der Waals surface area (Å²) in [7, 11) is 0. The summed E-state index contributed by atoms with van der Waals surface area (Å²) in [5.41, 5.74) is 2.21. The number of Topliss-reactive ketones (excluding diaryl/α,β-unsaturated/α-hetero) is 1. The minimum atomic E-state index is -1.54. The fourth-order valence-corrected chi connectivity index (χ4v) is 2.53. The molecule has 0 atom stereocenters. The van der Waals surface area contributed by atoms with Crippen LogP contribution < -0.4 is 0 Å². The first-order valence-electron chi connectivity index (χ1n) is 5.89. The van der Waals surface area contributed by atoms with Crippen LogP contribution in [0.25, 0.3) is 16.7 Å². The van der Waals surface area contributed by atoms with Crippen LogP contribution >= 0.6 is 0 Å². The molecule has 0 amide bonds. The zero-order chi connectivity index (χ0) is 13.6. The molecule has 0 aliphatic heterocycles. The number of nitrogens with one attached hydrogen (secondary N) is 1. The topological polar surface area (TPSA) is 90.4 Å². The molecule has 0 radical (unpaired) electrons. The number of carboxylic acid groups (broad SMARTS) is 1. The van der Waals surface area contributed by atoms with E-state index >= 15 is 0 Å². The predicted octanol–water partition coefficient (Wildman–Crippen LogP) is 2.04. The van der Waals surface area contributed by atoms with Crippen molar-refractivity contribution in [3.8, 4) is 0 Å². The lowest BCUT2D eigenvalue weighted by Crippen LogP contribution is -2.19. The molecule has 5 heteroatoms. The smallest absolute Gasteiger partial charge is 0.377 e. The van der Waals surface area contributed by atoms with Crippen molar-refractivity contribution in [1.29, 1.82) is 0 Å². The highest BCUT2D eigenvalue weighted by molar-refractivity contribution is 6.41. The zero-order valence-electron chi connectivity index (χ0n) is 9.93. The quantitative estimate of drug-likeness (QED) is 0.718. The number of benzene rings is 1. The lowest BCUT2D eigenvalue weighted by molar-refractivity contribution is -0.147. The van der Waals surface area contributed by atoms with Gasteiger partial charge in [-0.3, -0.25) is 4.79 Å². The van der Waals surface area contributed by atoms with Crippen molar-refractivity contribution in [3.63, 3.8) is 0 Å². The van der Waals surface area contributed by atoms with E-state index in [0.717, 1.165) is 16.5 Å². The van der Waals surface area contributed by atoms with Gasteiger partial charge < -0.3 is 15.2 Å². The van der Waals surface area contributed by atoms with Gasteiger partial charge in [-0.1, -0.05) is 18.2 Å². The SMILES string of the molecule is O=C(O)C(=O)C1=C(O)c2[nH]c3ccccc3c2CC1. The molecule has 0 saturated heterocycles. The molecule has 0 bridgehead atoms. The Hall–Kier alpha value is -2.56. The molecule has 0 fully saturated rings. The minimum absolute atomic E-state index is 0.0356. The van der Waals surface area contributed by atoms with Crippen LogP contribution in [0.15, 0.2) is 29.8 Å². The summed E-state index contributed by atoms with van der Waals surface area (Å²) >= 11 is 0. The Morgan fingerprint density at radius 3 is 2.63 bits per heavy atom. The van der Waals surface area contributed by atoms with Crippen LogP contribution in [-0.2, 0) is 16.0 Å². The highest BCUT2D eigenvalue weighted by atomic mass is 16.4. The number of para-hydroxylation sites is 1. The highest BCUT2D eigenvalue weighted by Gasteiger charge is 2.29. The molecule has 1 heterocycles. The number of aromatic amines is 1. The number of carboxylic acids is 1. The van der Waals surface area contributed by atoms with Crippen LogP contribution in [0.5, 0.6) is 0 Å². The maximum Gasteiger partial charge on any atom is 0.377 e. The second kappa shape index (κ2) is 3.98. The van der Waals surface area contributed by atoms with E-state index in [9.17, 15) is 14.7 Å². The summed E-state index contributed by atoms with van der Waals surface area (Å²) in [6.45, 7) is 0. The Balaban J connectivity index is 2.21. The summed E-state index contributed by atoms with van der Waals surface area (Å²) in [5, 5.41) is 19.8. The number of aliphatic carboxylic acids is 1. The molecule has 0 unspecified atom stereocenters. The molecular weight excluding hydrogens is 246 g/mol. The molecular formula is C14H11NO4. The number of carbonyl (C=O) groups excluding carboxylic acids is 1. The van der Waals surface area contributed by atoms with Gasteiger partial charge in [0.25, 0.3) is 5.78 Å². The lowest BCUT2D eigenvalue weighted by Gasteiger charge is -2.14.